The Morgan fingerprint density at radius 1 is 0.283 bits per heavy atom. The van der Waals surface area contributed by atoms with E-state index in [0.717, 1.165) is 5.92 Å². The topological polar surface area (TPSA) is 13.0 Å². The van der Waals surface area contributed by atoms with Crippen LogP contribution in [0.25, 0.3) is 0 Å². The Labute approximate surface area is 381 Å². The molecule has 360 valence electrons. The summed E-state index contributed by atoms with van der Waals surface area (Å²) < 4.78 is 0. The second-order valence-corrected chi connectivity index (χ2v) is 20.2. The van der Waals surface area contributed by atoms with Gasteiger partial charge in [0.05, 0.1) is 0 Å². The number of hydrogen-bond acceptors (Lipinski definition) is 4. The van der Waals surface area contributed by atoms with Crippen molar-refractivity contribution in [3.05, 3.63) is 0 Å². The number of hydrogen-bond donors (Lipinski definition) is 0. The average Bonchev–Trinajstić information content (AvgIpc) is 3.26. The van der Waals surface area contributed by atoms with Crippen molar-refractivity contribution >= 4 is 0 Å². The summed E-state index contributed by atoms with van der Waals surface area (Å²) in [5.74, 6) is 0.947. The van der Waals surface area contributed by atoms with Crippen LogP contribution in [0.2, 0.25) is 0 Å². The lowest BCUT2D eigenvalue weighted by Gasteiger charge is -2.35. The van der Waals surface area contributed by atoms with Crippen LogP contribution in [0.3, 0.4) is 0 Å². The van der Waals surface area contributed by atoms with E-state index in [2.05, 4.69) is 54.2 Å². The summed E-state index contributed by atoms with van der Waals surface area (Å²) in [6.07, 6.45) is 54.2. The number of piperidine rings is 1. The maximum atomic E-state index is 2.91. The van der Waals surface area contributed by atoms with Gasteiger partial charge in [-0.25, -0.2) is 0 Å². The molecule has 0 aliphatic carbocycles. The minimum Gasteiger partial charge on any atom is -0.303 e. The summed E-state index contributed by atoms with van der Waals surface area (Å²) >= 11 is 0. The highest BCUT2D eigenvalue weighted by Crippen LogP contribution is 2.22. The van der Waals surface area contributed by atoms with Gasteiger partial charge in [-0.3, -0.25) is 0 Å². The Balaban J connectivity index is 2.63. The Morgan fingerprint density at radius 3 is 0.833 bits per heavy atom. The van der Waals surface area contributed by atoms with Crippen LogP contribution in [0.4, 0.5) is 0 Å². The molecule has 0 atom stereocenters. The maximum Gasteiger partial charge on any atom is 0.0110 e. The summed E-state index contributed by atoms with van der Waals surface area (Å²) in [4.78, 5) is 11.6. The van der Waals surface area contributed by atoms with Crippen molar-refractivity contribution < 1.29 is 0 Å². The minimum absolute atomic E-state index is 0.947. The SMILES string of the molecule is CCCCCCCCCN(CCCCCCCCC)CCC1CCN(CCN(CCCCCCCCC)CCN(CCCCCCCCC)CCCCCCCCC)CC1. The molecule has 1 saturated heterocycles. The molecule has 0 unspecified atom stereocenters. The molecule has 4 heteroatoms. The standard InChI is InChI=1S/C56H116N4/c1-6-11-16-21-26-31-36-44-57(45-37-32-27-22-17-12-7-2)49-41-56-42-50-60(51-43-56)55-54-59(48-40-35-30-25-20-15-10-5)53-52-58(46-38-33-28-23-18-13-8-3)47-39-34-29-24-19-14-9-4/h56H,6-55H2,1-5H3. The van der Waals surface area contributed by atoms with Crippen molar-refractivity contribution in [1.29, 1.82) is 0 Å². The average molecular weight is 846 g/mol. The van der Waals surface area contributed by atoms with Gasteiger partial charge in [0.15, 0.2) is 0 Å². The molecule has 1 aliphatic rings. The van der Waals surface area contributed by atoms with E-state index in [1.807, 2.05) is 0 Å². The highest BCUT2D eigenvalue weighted by molar-refractivity contribution is 4.76. The molecule has 0 bridgehead atoms. The van der Waals surface area contributed by atoms with Gasteiger partial charge in [-0.15, -0.1) is 0 Å². The van der Waals surface area contributed by atoms with Crippen LogP contribution < -0.4 is 0 Å². The second-order valence-electron chi connectivity index (χ2n) is 20.2. The molecule has 60 heavy (non-hydrogen) atoms. The van der Waals surface area contributed by atoms with Crippen molar-refractivity contribution in [1.82, 2.24) is 19.6 Å². The van der Waals surface area contributed by atoms with Gasteiger partial charge in [0.2, 0.25) is 0 Å². The van der Waals surface area contributed by atoms with E-state index in [9.17, 15) is 0 Å². The van der Waals surface area contributed by atoms with Crippen molar-refractivity contribution in [3.8, 4) is 0 Å². The fourth-order valence-electron chi connectivity index (χ4n) is 9.90. The van der Waals surface area contributed by atoms with Gasteiger partial charge in [0, 0.05) is 26.2 Å². The molecule has 0 aromatic rings. The van der Waals surface area contributed by atoms with E-state index in [-0.39, 0.29) is 0 Å². The number of unbranched alkanes of at least 4 members (excludes halogenated alkanes) is 30. The minimum atomic E-state index is 0.947. The molecule has 0 aromatic heterocycles. The van der Waals surface area contributed by atoms with Crippen LogP contribution in [0.5, 0.6) is 0 Å². The third-order valence-electron chi connectivity index (χ3n) is 14.4. The number of rotatable bonds is 49. The van der Waals surface area contributed by atoms with Crippen molar-refractivity contribution in [3.63, 3.8) is 0 Å². The van der Waals surface area contributed by atoms with Crippen molar-refractivity contribution in [2.45, 2.75) is 279 Å². The number of likely N-dealkylation sites (tertiary alicyclic amines) is 1. The molecular formula is C56H116N4. The molecule has 0 N–H and O–H groups in total. The second kappa shape index (κ2) is 46.8. The third kappa shape index (κ3) is 38.3. The zero-order chi connectivity index (χ0) is 43.2. The summed E-state index contributed by atoms with van der Waals surface area (Å²) in [5.41, 5.74) is 0. The highest BCUT2D eigenvalue weighted by Gasteiger charge is 2.21. The van der Waals surface area contributed by atoms with E-state index in [0.29, 0.717) is 0 Å². The van der Waals surface area contributed by atoms with E-state index >= 15 is 0 Å². The van der Waals surface area contributed by atoms with Crippen LogP contribution >= 0.6 is 0 Å². The zero-order valence-electron chi connectivity index (χ0n) is 42.7. The van der Waals surface area contributed by atoms with Crippen LogP contribution in [-0.4, -0.2) is 98.1 Å². The van der Waals surface area contributed by atoms with Gasteiger partial charge < -0.3 is 19.6 Å². The van der Waals surface area contributed by atoms with Gasteiger partial charge in [-0.1, -0.05) is 227 Å². The first-order valence-electron chi connectivity index (χ1n) is 28.6. The normalized spacial score (nSPS) is 14.2. The summed E-state index contributed by atoms with van der Waals surface area (Å²) in [6.45, 7) is 27.6. The fourth-order valence-corrected chi connectivity index (χ4v) is 9.90. The monoisotopic (exact) mass is 845 g/mol. The summed E-state index contributed by atoms with van der Waals surface area (Å²) in [6, 6.07) is 0. The largest absolute Gasteiger partial charge is 0.303 e. The lowest BCUT2D eigenvalue weighted by Crippen LogP contribution is -2.43. The predicted octanol–water partition coefficient (Wildman–Crippen LogP) is 16.7. The first-order valence-corrected chi connectivity index (χ1v) is 28.6. The molecular weight excluding hydrogens is 729 g/mol. The van der Waals surface area contributed by atoms with Crippen LogP contribution in [-0.2, 0) is 0 Å². The molecule has 1 heterocycles. The van der Waals surface area contributed by atoms with E-state index < -0.39 is 0 Å². The Morgan fingerprint density at radius 2 is 0.533 bits per heavy atom. The molecule has 0 spiro atoms. The van der Waals surface area contributed by atoms with E-state index in [1.165, 1.54) is 323 Å². The Hall–Kier alpha value is -0.160. The Bertz CT molecular complexity index is 760. The first-order chi connectivity index (χ1) is 29.7. The maximum absolute atomic E-state index is 2.91. The first kappa shape index (κ1) is 57.9. The zero-order valence-corrected chi connectivity index (χ0v) is 42.7. The van der Waals surface area contributed by atoms with Crippen LogP contribution in [0, 0.1) is 5.92 Å². The molecule has 1 rings (SSSR count). The molecule has 1 fully saturated rings. The summed E-state index contributed by atoms with van der Waals surface area (Å²) in [5, 5.41) is 0. The van der Waals surface area contributed by atoms with Crippen LogP contribution in [0.1, 0.15) is 279 Å². The van der Waals surface area contributed by atoms with E-state index in [4.69, 9.17) is 0 Å². The van der Waals surface area contributed by atoms with Gasteiger partial charge >= 0.3 is 0 Å². The molecule has 0 aromatic carbocycles. The summed E-state index contributed by atoms with van der Waals surface area (Å²) in [7, 11) is 0. The van der Waals surface area contributed by atoms with Gasteiger partial charge in [-0.2, -0.15) is 0 Å². The molecule has 1 aliphatic heterocycles. The number of nitrogens with zero attached hydrogens (tertiary/aromatic N) is 4. The molecule has 0 saturated carbocycles. The molecule has 0 amide bonds. The van der Waals surface area contributed by atoms with Gasteiger partial charge in [0.1, 0.15) is 0 Å². The van der Waals surface area contributed by atoms with Gasteiger partial charge in [-0.05, 0) is 110 Å². The smallest absolute Gasteiger partial charge is 0.0110 e. The highest BCUT2D eigenvalue weighted by atomic mass is 15.2. The lowest BCUT2D eigenvalue weighted by molar-refractivity contribution is 0.134. The van der Waals surface area contributed by atoms with Crippen LogP contribution in [0.15, 0.2) is 0 Å². The van der Waals surface area contributed by atoms with Gasteiger partial charge in [0.25, 0.3) is 0 Å². The fraction of sp³-hybridized carbons (Fsp3) is 1.00. The molecule has 0 radical (unpaired) electrons. The lowest BCUT2D eigenvalue weighted by atomic mass is 9.93. The van der Waals surface area contributed by atoms with Crippen molar-refractivity contribution in [2.24, 2.45) is 5.92 Å². The predicted molar refractivity (Wildman–Crippen MR) is 273 cm³/mol. The third-order valence-corrected chi connectivity index (χ3v) is 14.4. The Kier molecular flexibility index (Phi) is 45.1. The molecule has 4 nitrogen and oxygen atoms in total. The van der Waals surface area contributed by atoms with E-state index in [1.54, 1.807) is 0 Å². The quantitative estimate of drug-likeness (QED) is 0.0566. The van der Waals surface area contributed by atoms with Crippen molar-refractivity contribution in [2.75, 3.05) is 78.5 Å².